The van der Waals surface area contributed by atoms with Crippen LogP contribution < -0.4 is 0 Å². The van der Waals surface area contributed by atoms with Crippen LogP contribution in [0.15, 0.2) is 188 Å². The maximum Gasteiger partial charge on any atom is 0.161 e. The minimum Gasteiger partial charge on any atom is -0.309 e. The fraction of sp³-hybridized carbons (Fsp3) is 0. The molecule has 11 aromatic rings. The monoisotopic (exact) mass is 789 g/mol. The van der Waals surface area contributed by atoms with Crippen molar-refractivity contribution in [2.45, 2.75) is 0 Å². The van der Waals surface area contributed by atoms with Gasteiger partial charge in [-0.1, -0.05) is 109 Å². The number of hydrogen-bond acceptors (Lipinski definition) is 5. The molecular weight excluding hydrogens is 759 g/mol. The van der Waals surface area contributed by atoms with Crippen molar-refractivity contribution < 1.29 is 0 Å². The highest BCUT2D eigenvalue weighted by Gasteiger charge is 2.19. The van der Waals surface area contributed by atoms with E-state index in [1.807, 2.05) is 42.5 Å². The van der Waals surface area contributed by atoms with Crippen molar-refractivity contribution in [2.75, 3.05) is 0 Å². The van der Waals surface area contributed by atoms with Crippen LogP contribution in [0.5, 0.6) is 0 Å². The summed E-state index contributed by atoms with van der Waals surface area (Å²) in [4.78, 5) is 9.75. The molecule has 0 aliphatic carbocycles. The van der Waals surface area contributed by atoms with Gasteiger partial charge in [0.2, 0.25) is 0 Å². The van der Waals surface area contributed by atoms with Gasteiger partial charge in [0, 0.05) is 49.6 Å². The summed E-state index contributed by atoms with van der Waals surface area (Å²) in [5, 5.41) is 35.2. The van der Waals surface area contributed by atoms with Crippen LogP contribution in [-0.2, 0) is 0 Å². The lowest BCUT2D eigenvalue weighted by Gasteiger charge is -2.13. The van der Waals surface area contributed by atoms with E-state index in [-0.39, 0.29) is 0 Å². The summed E-state index contributed by atoms with van der Waals surface area (Å²) in [7, 11) is 0. The smallest absolute Gasteiger partial charge is 0.161 e. The maximum absolute atomic E-state index is 10.6. The maximum atomic E-state index is 10.6. The lowest BCUT2D eigenvalue weighted by atomic mass is 9.96. The fourth-order valence-electron chi connectivity index (χ4n) is 8.84. The van der Waals surface area contributed by atoms with Gasteiger partial charge >= 0.3 is 0 Å². The van der Waals surface area contributed by atoms with Crippen LogP contribution in [0.25, 0.3) is 100 Å². The molecule has 0 unspecified atom stereocenters. The van der Waals surface area contributed by atoms with Crippen LogP contribution >= 0.6 is 0 Å². The molecule has 0 radical (unpaired) electrons. The average molecular weight is 790 g/mol. The predicted molar refractivity (Wildman–Crippen MR) is 247 cm³/mol. The van der Waals surface area contributed by atoms with E-state index in [2.05, 4.69) is 143 Å². The molecule has 0 aliphatic rings. The number of para-hydroxylation sites is 3. The van der Waals surface area contributed by atoms with E-state index in [1.165, 1.54) is 32.6 Å². The summed E-state index contributed by atoms with van der Waals surface area (Å²) in [6.45, 7) is 0. The summed E-state index contributed by atoms with van der Waals surface area (Å²) < 4.78 is 4.67. The first-order chi connectivity index (χ1) is 30.6. The third-order valence-electron chi connectivity index (χ3n) is 11.7. The first-order valence-corrected chi connectivity index (χ1v) is 20.2. The Balaban J connectivity index is 0.987. The molecule has 0 aliphatic heterocycles. The van der Waals surface area contributed by atoms with Crippen LogP contribution in [0.2, 0.25) is 0 Å². The Morgan fingerprint density at radius 1 is 0.339 bits per heavy atom. The molecule has 286 valence electrons. The van der Waals surface area contributed by atoms with E-state index < -0.39 is 0 Å². The van der Waals surface area contributed by atoms with Gasteiger partial charge in [-0.25, -0.2) is 9.97 Å². The van der Waals surface area contributed by atoms with Gasteiger partial charge in [-0.05, 0) is 90.0 Å². The number of fused-ring (bicyclic) bond motifs is 6. The van der Waals surface area contributed by atoms with E-state index in [9.17, 15) is 15.8 Å². The Morgan fingerprint density at radius 3 is 1.40 bits per heavy atom. The zero-order valence-corrected chi connectivity index (χ0v) is 33.0. The van der Waals surface area contributed by atoms with E-state index >= 15 is 0 Å². The van der Waals surface area contributed by atoms with Gasteiger partial charge < -0.3 is 9.13 Å². The van der Waals surface area contributed by atoms with Crippen LogP contribution in [0.1, 0.15) is 16.7 Å². The van der Waals surface area contributed by atoms with Gasteiger partial charge in [0.15, 0.2) is 5.82 Å². The Hall–Kier alpha value is -9.09. The molecule has 62 heavy (non-hydrogen) atoms. The van der Waals surface area contributed by atoms with Crippen molar-refractivity contribution in [3.8, 4) is 74.6 Å². The predicted octanol–water partition coefficient (Wildman–Crippen LogP) is 13.0. The van der Waals surface area contributed by atoms with Gasteiger partial charge in [0.1, 0.15) is 0 Å². The Kier molecular flexibility index (Phi) is 8.50. The highest BCUT2D eigenvalue weighted by atomic mass is 15.0. The number of nitriles is 3. The van der Waals surface area contributed by atoms with Crippen LogP contribution in [-0.4, -0.2) is 19.1 Å². The molecule has 0 atom stereocenters. The minimum atomic E-state index is 0.332. The Morgan fingerprint density at radius 2 is 0.790 bits per heavy atom. The summed E-state index contributed by atoms with van der Waals surface area (Å²) >= 11 is 0. The number of hydrogen-bond donors (Lipinski definition) is 0. The molecule has 7 nitrogen and oxygen atoms in total. The van der Waals surface area contributed by atoms with Gasteiger partial charge in [-0.3, -0.25) is 0 Å². The average Bonchev–Trinajstić information content (AvgIpc) is 3.86. The normalized spacial score (nSPS) is 11.2. The molecule has 3 heterocycles. The highest BCUT2D eigenvalue weighted by molar-refractivity contribution is 6.12. The molecule has 3 aromatic heterocycles. The Labute approximate surface area is 356 Å². The molecule has 7 heteroatoms. The van der Waals surface area contributed by atoms with Crippen LogP contribution in [0.3, 0.4) is 0 Å². The molecule has 8 aromatic carbocycles. The van der Waals surface area contributed by atoms with Crippen molar-refractivity contribution in [1.29, 1.82) is 15.8 Å². The van der Waals surface area contributed by atoms with E-state index in [0.29, 0.717) is 50.6 Å². The molecule has 11 rings (SSSR count). The lowest BCUT2D eigenvalue weighted by molar-refractivity contribution is 1.17. The number of nitrogens with zero attached hydrogens (tertiary/aromatic N) is 7. The van der Waals surface area contributed by atoms with Crippen LogP contribution in [0, 0.1) is 34.0 Å². The zero-order chi connectivity index (χ0) is 41.7. The topological polar surface area (TPSA) is 107 Å². The van der Waals surface area contributed by atoms with Crippen LogP contribution in [0.4, 0.5) is 0 Å². The van der Waals surface area contributed by atoms with Gasteiger partial charge in [-0.2, -0.15) is 15.8 Å². The van der Waals surface area contributed by atoms with Gasteiger partial charge in [-0.15, -0.1) is 0 Å². The van der Waals surface area contributed by atoms with Gasteiger partial charge in [0.05, 0.1) is 68.4 Å². The van der Waals surface area contributed by atoms with Crippen molar-refractivity contribution in [3.05, 3.63) is 205 Å². The molecule has 0 amide bonds. The third kappa shape index (κ3) is 5.80. The van der Waals surface area contributed by atoms with E-state index in [1.54, 1.807) is 30.3 Å². The molecular formula is C55H31N7. The number of rotatable bonds is 6. The number of aromatic nitrogens is 4. The van der Waals surface area contributed by atoms with E-state index in [0.717, 1.165) is 33.5 Å². The number of benzene rings is 8. The quantitative estimate of drug-likeness (QED) is 0.167. The molecule has 0 saturated carbocycles. The molecule has 0 bridgehead atoms. The summed E-state index contributed by atoms with van der Waals surface area (Å²) in [6.07, 6.45) is 0. The Bertz CT molecular complexity index is 3610. The lowest BCUT2D eigenvalue weighted by Crippen LogP contribution is -1.99. The highest BCUT2D eigenvalue weighted by Crippen LogP contribution is 2.38. The second-order valence-electron chi connectivity index (χ2n) is 15.1. The van der Waals surface area contributed by atoms with Crippen molar-refractivity contribution >= 4 is 43.6 Å². The van der Waals surface area contributed by atoms with Gasteiger partial charge in [0.25, 0.3) is 0 Å². The second-order valence-corrected chi connectivity index (χ2v) is 15.1. The third-order valence-corrected chi connectivity index (χ3v) is 11.7. The molecule has 0 fully saturated rings. The molecule has 0 saturated heterocycles. The zero-order valence-electron chi connectivity index (χ0n) is 33.0. The fourth-order valence-corrected chi connectivity index (χ4v) is 8.84. The summed E-state index contributed by atoms with van der Waals surface area (Å²) in [5.74, 6) is 0.332. The summed E-state index contributed by atoms with van der Waals surface area (Å²) in [5.41, 5.74) is 12.7. The van der Waals surface area contributed by atoms with Crippen molar-refractivity contribution in [3.63, 3.8) is 0 Å². The van der Waals surface area contributed by atoms with Crippen molar-refractivity contribution in [2.24, 2.45) is 0 Å². The standard InChI is InChI=1S/C55H31N7/c56-32-37-11-1-3-13-42(37)49-31-50(60-55(59-49)44-14-4-2-12-38(44)33-57)43-27-23-36(29-39(43)34-58)35-21-24-40(25-22-35)61-53-20-10-7-17-47(53)48-30-41(26-28-54(48)61)62-51-18-8-5-15-45(51)46-16-6-9-19-52(46)62/h1-31H. The molecule has 0 spiro atoms. The molecule has 0 N–H and O–H groups in total. The largest absolute Gasteiger partial charge is 0.309 e. The minimum absolute atomic E-state index is 0.332. The summed E-state index contributed by atoms with van der Waals surface area (Å²) in [6, 6.07) is 69.8. The van der Waals surface area contributed by atoms with Crippen molar-refractivity contribution in [1.82, 2.24) is 19.1 Å². The SMILES string of the molecule is N#Cc1ccccc1-c1cc(-c2ccc(-c3ccc(-n4c5ccccc5c5cc(-n6c7ccccc7c7ccccc76)ccc54)cc3)cc2C#N)nc(-c2ccccc2C#N)n1. The second kappa shape index (κ2) is 14.6. The van der Waals surface area contributed by atoms with E-state index in [4.69, 9.17) is 9.97 Å². The first-order valence-electron chi connectivity index (χ1n) is 20.2. The first kappa shape index (κ1) is 36.0.